The van der Waals surface area contributed by atoms with Crippen molar-refractivity contribution in [3.63, 3.8) is 0 Å². The van der Waals surface area contributed by atoms with Crippen LogP contribution in [0.5, 0.6) is 5.75 Å². The summed E-state index contributed by atoms with van der Waals surface area (Å²) in [6.45, 7) is 3.85. The maximum absolute atomic E-state index is 12.6. The van der Waals surface area contributed by atoms with Crippen molar-refractivity contribution in [2.45, 2.75) is 25.8 Å². The van der Waals surface area contributed by atoms with Crippen molar-refractivity contribution in [2.75, 3.05) is 13.7 Å². The molecule has 0 fully saturated rings. The molecule has 0 atom stereocenters. The van der Waals surface area contributed by atoms with Crippen molar-refractivity contribution in [1.82, 2.24) is 15.6 Å². The van der Waals surface area contributed by atoms with Crippen molar-refractivity contribution in [2.24, 2.45) is 0 Å². The summed E-state index contributed by atoms with van der Waals surface area (Å²) in [6, 6.07) is 15.5. The number of aromatic nitrogens is 1. The molecule has 3 N–H and O–H groups in total. The van der Waals surface area contributed by atoms with E-state index in [2.05, 4.69) is 21.7 Å². The zero-order valence-electron chi connectivity index (χ0n) is 17.5. The molecule has 6 nitrogen and oxygen atoms in total. The minimum absolute atomic E-state index is 0.235. The number of hydrogen-bond acceptors (Lipinski definition) is 3. The van der Waals surface area contributed by atoms with Gasteiger partial charge in [0.05, 0.1) is 7.11 Å². The Bertz CT molecular complexity index is 1070. The van der Waals surface area contributed by atoms with Gasteiger partial charge in [-0.15, -0.1) is 0 Å². The number of benzene rings is 2. The molecule has 0 saturated carbocycles. The average molecular weight is 405 g/mol. The molecule has 1 heterocycles. The molecule has 156 valence electrons. The number of hydrogen-bond donors (Lipinski definition) is 3. The Kier molecular flexibility index (Phi) is 6.57. The molecule has 0 saturated heterocycles. The van der Waals surface area contributed by atoms with E-state index in [0.29, 0.717) is 18.7 Å². The van der Waals surface area contributed by atoms with Crippen LogP contribution in [0, 0.1) is 0 Å². The molecular weight excluding hydrogens is 378 g/mol. The van der Waals surface area contributed by atoms with Gasteiger partial charge in [0.1, 0.15) is 11.3 Å². The Labute approximate surface area is 176 Å². The Morgan fingerprint density at radius 3 is 2.63 bits per heavy atom. The molecule has 0 aliphatic heterocycles. The quantitative estimate of drug-likeness (QED) is 0.502. The maximum atomic E-state index is 12.6. The summed E-state index contributed by atoms with van der Waals surface area (Å²) in [5, 5.41) is 6.82. The van der Waals surface area contributed by atoms with Gasteiger partial charge in [0.15, 0.2) is 0 Å². The zero-order valence-corrected chi connectivity index (χ0v) is 17.5. The van der Waals surface area contributed by atoms with E-state index in [9.17, 15) is 9.59 Å². The van der Waals surface area contributed by atoms with Crippen LogP contribution in [0.15, 0.2) is 60.8 Å². The molecule has 0 spiro atoms. The van der Waals surface area contributed by atoms with Crippen LogP contribution in [0.2, 0.25) is 0 Å². The van der Waals surface area contributed by atoms with Gasteiger partial charge in [-0.1, -0.05) is 36.4 Å². The van der Waals surface area contributed by atoms with Crippen LogP contribution in [0.4, 0.5) is 0 Å². The van der Waals surface area contributed by atoms with Crippen LogP contribution in [0.1, 0.15) is 25.0 Å². The standard InChI is InChI=1S/C24H27N3O3/c1-24(2,27-22(28)13-12-17-8-4-7-11-21(17)30-3)23(29)25-15-14-18-16-26-20-10-6-5-9-19(18)20/h4-13,16,26H,14-15H2,1-3H3,(H,25,29)(H,27,28)/b13-12+. The molecule has 0 aliphatic carbocycles. The van der Waals surface area contributed by atoms with E-state index in [-0.39, 0.29) is 11.8 Å². The van der Waals surface area contributed by atoms with E-state index in [1.807, 2.05) is 48.7 Å². The van der Waals surface area contributed by atoms with Crippen molar-refractivity contribution in [3.8, 4) is 5.75 Å². The molecule has 0 unspecified atom stereocenters. The van der Waals surface area contributed by atoms with Crippen LogP contribution in [-0.2, 0) is 16.0 Å². The predicted molar refractivity (Wildman–Crippen MR) is 119 cm³/mol. The predicted octanol–water partition coefficient (Wildman–Crippen LogP) is 3.44. The number of aromatic amines is 1. The van der Waals surface area contributed by atoms with Gasteiger partial charge in [-0.05, 0) is 44.0 Å². The number of nitrogens with one attached hydrogen (secondary N) is 3. The maximum Gasteiger partial charge on any atom is 0.245 e. The fourth-order valence-corrected chi connectivity index (χ4v) is 3.25. The van der Waals surface area contributed by atoms with Crippen molar-refractivity contribution in [1.29, 1.82) is 0 Å². The van der Waals surface area contributed by atoms with Gasteiger partial charge in [-0.25, -0.2) is 0 Å². The summed E-state index contributed by atoms with van der Waals surface area (Å²) in [4.78, 5) is 28.1. The van der Waals surface area contributed by atoms with Crippen LogP contribution in [-0.4, -0.2) is 36.0 Å². The fraction of sp³-hybridized carbons (Fsp3) is 0.250. The number of carbonyl (C=O) groups excluding carboxylic acids is 2. The Morgan fingerprint density at radius 2 is 1.83 bits per heavy atom. The van der Waals surface area contributed by atoms with E-state index in [1.54, 1.807) is 27.0 Å². The Balaban J connectivity index is 1.53. The minimum atomic E-state index is -1.04. The number of para-hydroxylation sites is 2. The van der Waals surface area contributed by atoms with Gasteiger partial charge < -0.3 is 20.4 Å². The number of rotatable bonds is 8. The fourth-order valence-electron chi connectivity index (χ4n) is 3.25. The molecule has 3 aromatic rings. The second-order valence-corrected chi connectivity index (χ2v) is 7.55. The van der Waals surface area contributed by atoms with Crippen LogP contribution in [0.3, 0.4) is 0 Å². The average Bonchev–Trinajstić information content (AvgIpc) is 3.15. The lowest BCUT2D eigenvalue weighted by molar-refractivity contribution is -0.130. The molecule has 1 aromatic heterocycles. The SMILES string of the molecule is COc1ccccc1/C=C/C(=O)NC(C)(C)C(=O)NCCc1c[nH]c2ccccc12. The van der Waals surface area contributed by atoms with Gasteiger partial charge in [-0.3, -0.25) is 9.59 Å². The van der Waals surface area contributed by atoms with Gasteiger partial charge >= 0.3 is 0 Å². The second-order valence-electron chi connectivity index (χ2n) is 7.55. The molecule has 6 heteroatoms. The highest BCUT2D eigenvalue weighted by Crippen LogP contribution is 2.19. The summed E-state index contributed by atoms with van der Waals surface area (Å²) >= 11 is 0. The van der Waals surface area contributed by atoms with Crippen LogP contribution in [0.25, 0.3) is 17.0 Å². The summed E-state index contributed by atoms with van der Waals surface area (Å²) in [5.41, 5.74) is 1.97. The number of fused-ring (bicyclic) bond motifs is 1. The molecule has 3 rings (SSSR count). The first-order chi connectivity index (χ1) is 14.4. The number of amides is 2. The molecule has 0 radical (unpaired) electrons. The third-order valence-corrected chi connectivity index (χ3v) is 4.91. The molecule has 0 aliphatic rings. The lowest BCUT2D eigenvalue weighted by atomic mass is 10.0. The van der Waals surface area contributed by atoms with E-state index < -0.39 is 5.54 Å². The van der Waals surface area contributed by atoms with Crippen molar-refractivity contribution < 1.29 is 14.3 Å². The van der Waals surface area contributed by atoms with E-state index in [1.165, 1.54) is 6.08 Å². The Hall–Kier alpha value is -3.54. The third-order valence-electron chi connectivity index (χ3n) is 4.91. The number of ether oxygens (including phenoxy) is 1. The van der Waals surface area contributed by atoms with Crippen LogP contribution < -0.4 is 15.4 Å². The van der Waals surface area contributed by atoms with Crippen molar-refractivity contribution in [3.05, 3.63) is 71.9 Å². The van der Waals surface area contributed by atoms with Gasteiger partial charge in [-0.2, -0.15) is 0 Å². The van der Waals surface area contributed by atoms with E-state index in [4.69, 9.17) is 4.74 Å². The monoisotopic (exact) mass is 405 g/mol. The summed E-state index contributed by atoms with van der Waals surface area (Å²) in [5.74, 6) is 0.0925. The largest absolute Gasteiger partial charge is 0.496 e. The molecule has 2 amide bonds. The number of carbonyl (C=O) groups is 2. The Morgan fingerprint density at radius 1 is 1.10 bits per heavy atom. The smallest absolute Gasteiger partial charge is 0.245 e. The van der Waals surface area contributed by atoms with E-state index >= 15 is 0 Å². The first kappa shape index (κ1) is 21.2. The summed E-state index contributed by atoms with van der Waals surface area (Å²) in [7, 11) is 1.58. The van der Waals surface area contributed by atoms with Crippen molar-refractivity contribution >= 4 is 28.8 Å². The first-order valence-electron chi connectivity index (χ1n) is 9.87. The lowest BCUT2D eigenvalue weighted by Gasteiger charge is -2.24. The molecular formula is C24H27N3O3. The summed E-state index contributed by atoms with van der Waals surface area (Å²) in [6.07, 6.45) is 5.73. The number of H-pyrrole nitrogens is 1. The van der Waals surface area contributed by atoms with Gasteiger partial charge in [0, 0.05) is 35.3 Å². The van der Waals surface area contributed by atoms with Gasteiger partial charge in [0.25, 0.3) is 0 Å². The van der Waals surface area contributed by atoms with Gasteiger partial charge in [0.2, 0.25) is 11.8 Å². The van der Waals surface area contributed by atoms with E-state index in [0.717, 1.165) is 22.0 Å². The molecule has 30 heavy (non-hydrogen) atoms. The topological polar surface area (TPSA) is 83.2 Å². The highest BCUT2D eigenvalue weighted by molar-refractivity contribution is 5.97. The normalized spacial score (nSPS) is 11.6. The lowest BCUT2D eigenvalue weighted by Crippen LogP contribution is -2.54. The molecule has 2 aromatic carbocycles. The minimum Gasteiger partial charge on any atom is -0.496 e. The second kappa shape index (κ2) is 9.31. The third kappa shape index (κ3) is 5.08. The highest BCUT2D eigenvalue weighted by atomic mass is 16.5. The number of methoxy groups -OCH3 is 1. The molecule has 0 bridgehead atoms. The van der Waals surface area contributed by atoms with Crippen LogP contribution >= 0.6 is 0 Å². The summed E-state index contributed by atoms with van der Waals surface area (Å²) < 4.78 is 5.27. The first-order valence-corrected chi connectivity index (χ1v) is 9.87. The zero-order chi connectivity index (χ0) is 21.6. The highest BCUT2D eigenvalue weighted by Gasteiger charge is 2.28.